The van der Waals surface area contributed by atoms with Gasteiger partial charge in [-0.25, -0.2) is 21.6 Å². The largest absolute Gasteiger partial charge is 0.398 e. The number of nitrogens with two attached hydrogens (primary N) is 1. The zero-order chi connectivity index (χ0) is 15.8. The summed E-state index contributed by atoms with van der Waals surface area (Å²) >= 11 is 0. The maximum atomic E-state index is 13.8. The zero-order valence-corrected chi connectivity index (χ0v) is 11.6. The van der Waals surface area contributed by atoms with Crippen molar-refractivity contribution in [3.63, 3.8) is 0 Å². The minimum atomic E-state index is -4.51. The van der Waals surface area contributed by atoms with Gasteiger partial charge < -0.3 is 5.73 Å². The van der Waals surface area contributed by atoms with Crippen LogP contribution in [0.3, 0.4) is 0 Å². The predicted octanol–water partition coefficient (Wildman–Crippen LogP) is 2.80. The summed E-state index contributed by atoms with van der Waals surface area (Å²) in [7, 11) is -4.51. The standard InChI is InChI=1S/C13H11F3N2O2S/c1-7-5-10(16)12(6-11(7)17)21(19,20)18-13-8(14)3-2-4-9(13)15/h2-6,18H,17H2,1H3. The van der Waals surface area contributed by atoms with Crippen molar-refractivity contribution in [2.45, 2.75) is 11.8 Å². The molecule has 0 saturated carbocycles. The molecular weight excluding hydrogens is 305 g/mol. The van der Waals surface area contributed by atoms with Crippen LogP contribution in [0.2, 0.25) is 0 Å². The van der Waals surface area contributed by atoms with Gasteiger partial charge in [0.2, 0.25) is 0 Å². The Balaban J connectivity index is 2.51. The highest BCUT2D eigenvalue weighted by molar-refractivity contribution is 7.92. The number of halogens is 3. The number of hydrogen-bond acceptors (Lipinski definition) is 3. The number of para-hydroxylation sites is 1. The fourth-order valence-corrected chi connectivity index (χ4v) is 2.83. The van der Waals surface area contributed by atoms with E-state index in [1.807, 2.05) is 0 Å². The van der Waals surface area contributed by atoms with E-state index in [0.29, 0.717) is 5.56 Å². The summed E-state index contributed by atoms with van der Waals surface area (Å²) in [4.78, 5) is -0.784. The maximum Gasteiger partial charge on any atom is 0.265 e. The quantitative estimate of drug-likeness (QED) is 0.855. The van der Waals surface area contributed by atoms with E-state index in [9.17, 15) is 21.6 Å². The molecular formula is C13H11F3N2O2S. The molecule has 8 heteroatoms. The normalized spacial score (nSPS) is 11.4. The van der Waals surface area contributed by atoms with Crippen molar-refractivity contribution >= 4 is 21.4 Å². The highest BCUT2D eigenvalue weighted by Crippen LogP contribution is 2.26. The van der Waals surface area contributed by atoms with Crippen molar-refractivity contribution in [3.05, 3.63) is 53.3 Å². The summed E-state index contributed by atoms with van der Waals surface area (Å²) in [6.07, 6.45) is 0. The number of nitrogens with one attached hydrogen (secondary N) is 1. The molecule has 0 saturated heterocycles. The van der Waals surface area contributed by atoms with E-state index in [4.69, 9.17) is 5.73 Å². The Morgan fingerprint density at radius 2 is 1.62 bits per heavy atom. The van der Waals surface area contributed by atoms with Crippen LogP contribution in [0, 0.1) is 24.4 Å². The molecule has 21 heavy (non-hydrogen) atoms. The van der Waals surface area contributed by atoms with Gasteiger partial charge in [0.05, 0.1) is 0 Å². The second-order valence-corrected chi connectivity index (χ2v) is 5.99. The van der Waals surface area contributed by atoms with E-state index >= 15 is 0 Å². The Hall–Kier alpha value is -2.22. The van der Waals surface area contributed by atoms with Gasteiger partial charge in [0.25, 0.3) is 10.0 Å². The van der Waals surface area contributed by atoms with Gasteiger partial charge in [0.15, 0.2) is 0 Å². The molecule has 0 aliphatic heterocycles. The molecule has 2 aromatic rings. The summed E-state index contributed by atoms with van der Waals surface area (Å²) in [5.41, 5.74) is 5.05. The molecule has 3 N–H and O–H groups in total. The van der Waals surface area contributed by atoms with Crippen LogP contribution in [0.5, 0.6) is 0 Å². The number of rotatable bonds is 3. The van der Waals surface area contributed by atoms with Crippen molar-refractivity contribution in [2.24, 2.45) is 0 Å². The molecule has 4 nitrogen and oxygen atoms in total. The molecule has 0 aliphatic rings. The highest BCUT2D eigenvalue weighted by Gasteiger charge is 2.23. The highest BCUT2D eigenvalue weighted by atomic mass is 32.2. The molecule has 0 spiro atoms. The lowest BCUT2D eigenvalue weighted by Crippen LogP contribution is -2.17. The fraction of sp³-hybridized carbons (Fsp3) is 0.0769. The molecule has 0 atom stereocenters. The molecule has 0 heterocycles. The Labute approximate surface area is 119 Å². The first-order valence-electron chi connectivity index (χ1n) is 5.75. The summed E-state index contributed by atoms with van der Waals surface area (Å²) < 4.78 is 66.5. The van der Waals surface area contributed by atoms with E-state index in [2.05, 4.69) is 0 Å². The fourth-order valence-electron chi connectivity index (χ4n) is 1.66. The monoisotopic (exact) mass is 316 g/mol. The van der Waals surface area contributed by atoms with Gasteiger partial charge in [-0.2, -0.15) is 0 Å². The van der Waals surface area contributed by atoms with Crippen molar-refractivity contribution < 1.29 is 21.6 Å². The summed E-state index contributed by atoms with van der Waals surface area (Å²) in [5.74, 6) is -3.29. The van der Waals surface area contributed by atoms with Gasteiger partial charge in [0.1, 0.15) is 28.0 Å². The number of nitrogen functional groups attached to an aromatic ring is 1. The van der Waals surface area contributed by atoms with Crippen molar-refractivity contribution in [1.29, 1.82) is 0 Å². The summed E-state index contributed by atoms with van der Waals surface area (Å²) in [6.45, 7) is 1.50. The first-order chi connectivity index (χ1) is 9.72. The van der Waals surface area contributed by atoms with Crippen molar-refractivity contribution in [3.8, 4) is 0 Å². The summed E-state index contributed by atoms with van der Waals surface area (Å²) in [6, 6.07) is 4.65. The van der Waals surface area contributed by atoms with Gasteiger partial charge in [0, 0.05) is 5.69 Å². The Bertz CT molecular complexity index is 787. The molecule has 0 amide bonds. The van der Waals surface area contributed by atoms with Gasteiger partial charge in [-0.15, -0.1) is 0 Å². The van der Waals surface area contributed by atoms with Crippen LogP contribution in [0.25, 0.3) is 0 Å². The Morgan fingerprint density at radius 1 is 1.05 bits per heavy atom. The van der Waals surface area contributed by atoms with Crippen LogP contribution in [-0.2, 0) is 10.0 Å². The third kappa shape index (κ3) is 2.94. The third-order valence-electron chi connectivity index (χ3n) is 2.81. The molecule has 0 unspecified atom stereocenters. The van der Waals surface area contributed by atoms with E-state index in [0.717, 1.165) is 30.3 Å². The van der Waals surface area contributed by atoms with Crippen LogP contribution in [0.15, 0.2) is 35.2 Å². The van der Waals surface area contributed by atoms with E-state index in [1.54, 1.807) is 4.72 Å². The molecule has 2 aromatic carbocycles. The zero-order valence-electron chi connectivity index (χ0n) is 10.8. The number of sulfonamides is 1. The molecule has 0 radical (unpaired) electrons. The average molecular weight is 316 g/mol. The lowest BCUT2D eigenvalue weighted by molar-refractivity contribution is 0.565. The first-order valence-corrected chi connectivity index (χ1v) is 7.23. The van der Waals surface area contributed by atoms with Crippen molar-refractivity contribution in [1.82, 2.24) is 0 Å². The van der Waals surface area contributed by atoms with Crippen LogP contribution >= 0.6 is 0 Å². The molecule has 0 bridgehead atoms. The number of hydrogen-bond donors (Lipinski definition) is 2. The van der Waals surface area contributed by atoms with Gasteiger partial charge in [-0.1, -0.05) is 6.07 Å². The number of benzene rings is 2. The van der Waals surface area contributed by atoms with Crippen molar-refractivity contribution in [2.75, 3.05) is 10.5 Å². The van der Waals surface area contributed by atoms with Crippen LogP contribution in [0.4, 0.5) is 24.5 Å². The smallest absolute Gasteiger partial charge is 0.265 e. The van der Waals surface area contributed by atoms with E-state index < -0.39 is 38.1 Å². The van der Waals surface area contributed by atoms with Gasteiger partial charge in [-0.05, 0) is 36.8 Å². The molecule has 2 rings (SSSR count). The van der Waals surface area contributed by atoms with Crippen LogP contribution < -0.4 is 10.5 Å². The Kier molecular flexibility index (Phi) is 3.82. The molecule has 112 valence electrons. The van der Waals surface area contributed by atoms with Gasteiger partial charge in [-0.3, -0.25) is 4.72 Å². The molecule has 0 aromatic heterocycles. The SMILES string of the molecule is Cc1cc(F)c(S(=O)(=O)Nc2c(F)cccc2F)cc1N. The lowest BCUT2D eigenvalue weighted by Gasteiger charge is -2.12. The third-order valence-corrected chi connectivity index (χ3v) is 4.17. The van der Waals surface area contributed by atoms with E-state index in [1.165, 1.54) is 6.92 Å². The first kappa shape index (κ1) is 15.2. The lowest BCUT2D eigenvalue weighted by atomic mass is 10.2. The second kappa shape index (κ2) is 5.28. The molecule has 0 aliphatic carbocycles. The predicted molar refractivity (Wildman–Crippen MR) is 72.7 cm³/mol. The summed E-state index contributed by atoms with van der Waals surface area (Å²) in [5, 5.41) is 0. The second-order valence-electron chi connectivity index (χ2n) is 4.34. The van der Waals surface area contributed by atoms with Gasteiger partial charge >= 0.3 is 0 Å². The minimum absolute atomic E-state index is 0.0470. The maximum absolute atomic E-state index is 13.8. The number of aryl methyl sites for hydroxylation is 1. The average Bonchev–Trinajstić information content (AvgIpc) is 2.38. The van der Waals surface area contributed by atoms with Crippen LogP contribution in [-0.4, -0.2) is 8.42 Å². The topological polar surface area (TPSA) is 72.2 Å². The number of anilines is 2. The van der Waals surface area contributed by atoms with Crippen LogP contribution in [0.1, 0.15) is 5.56 Å². The van der Waals surface area contributed by atoms with E-state index in [-0.39, 0.29) is 5.69 Å². The Morgan fingerprint density at radius 3 is 2.19 bits per heavy atom. The minimum Gasteiger partial charge on any atom is -0.398 e. The molecule has 0 fully saturated rings.